The van der Waals surface area contributed by atoms with Gasteiger partial charge in [0.25, 0.3) is 5.91 Å². The summed E-state index contributed by atoms with van der Waals surface area (Å²) in [7, 11) is 0. The number of halogens is 1. The first-order chi connectivity index (χ1) is 13.6. The van der Waals surface area contributed by atoms with Crippen LogP contribution in [0.3, 0.4) is 0 Å². The molecule has 0 bridgehead atoms. The number of thioether (sulfide) groups is 1. The van der Waals surface area contributed by atoms with E-state index in [4.69, 9.17) is 0 Å². The van der Waals surface area contributed by atoms with E-state index in [9.17, 15) is 9.18 Å². The Balaban J connectivity index is 1.45. The molecule has 4 rings (SSSR count). The molecule has 0 atom stereocenters. The Morgan fingerprint density at radius 1 is 1.04 bits per heavy atom. The first kappa shape index (κ1) is 18.7. The number of rotatable bonds is 5. The van der Waals surface area contributed by atoms with Crippen molar-refractivity contribution in [3.63, 3.8) is 0 Å². The fraction of sp³-hybridized carbons (Fsp3) is 0.286. The van der Waals surface area contributed by atoms with Crippen LogP contribution in [0, 0.1) is 12.7 Å². The number of hydrogen-bond donors (Lipinski definition) is 0. The maximum atomic E-state index is 13.2. The van der Waals surface area contributed by atoms with Crippen molar-refractivity contribution >= 4 is 17.7 Å². The monoisotopic (exact) mass is 396 g/mol. The van der Waals surface area contributed by atoms with Crippen molar-refractivity contribution in [2.75, 3.05) is 13.1 Å². The molecular weight excluding hydrogens is 375 g/mol. The van der Waals surface area contributed by atoms with Gasteiger partial charge in [-0.25, -0.2) is 4.39 Å². The zero-order valence-electron chi connectivity index (χ0n) is 15.6. The Bertz CT molecular complexity index is 963. The quantitative estimate of drug-likeness (QED) is 0.605. The topological polar surface area (TPSA) is 51.0 Å². The molecule has 144 valence electrons. The number of aryl methyl sites for hydroxylation is 1. The lowest BCUT2D eigenvalue weighted by Gasteiger charge is -2.15. The second kappa shape index (κ2) is 8.14. The van der Waals surface area contributed by atoms with Crippen LogP contribution in [-0.2, 0) is 5.75 Å². The molecule has 1 aromatic heterocycles. The van der Waals surface area contributed by atoms with Crippen LogP contribution in [0.5, 0.6) is 0 Å². The minimum atomic E-state index is -0.271. The van der Waals surface area contributed by atoms with Crippen molar-refractivity contribution in [2.24, 2.45) is 0 Å². The van der Waals surface area contributed by atoms with Crippen LogP contribution in [0.25, 0.3) is 5.69 Å². The van der Waals surface area contributed by atoms with Crippen molar-refractivity contribution in [1.82, 2.24) is 19.7 Å². The molecule has 0 saturated carbocycles. The van der Waals surface area contributed by atoms with Gasteiger partial charge in [-0.2, -0.15) is 0 Å². The van der Waals surface area contributed by atoms with Crippen molar-refractivity contribution in [3.8, 4) is 5.69 Å². The van der Waals surface area contributed by atoms with Crippen LogP contribution in [0.4, 0.5) is 4.39 Å². The van der Waals surface area contributed by atoms with Crippen LogP contribution in [0.15, 0.2) is 53.7 Å². The minimum absolute atomic E-state index is 0.114. The molecule has 1 saturated heterocycles. The second-order valence-electron chi connectivity index (χ2n) is 6.83. The SMILES string of the molecule is Cc1nnc(SCc2ccc(C(=O)N3CCCC3)cc2)n1-c1ccc(F)cc1. The molecule has 0 aliphatic carbocycles. The number of amides is 1. The molecular formula is C21H21FN4OS. The first-order valence-electron chi connectivity index (χ1n) is 9.31. The molecule has 5 nitrogen and oxygen atoms in total. The Labute approximate surface area is 167 Å². The van der Waals surface area contributed by atoms with Gasteiger partial charge in [-0.05, 0) is 61.7 Å². The summed E-state index contributed by atoms with van der Waals surface area (Å²) in [6.45, 7) is 3.59. The van der Waals surface area contributed by atoms with Gasteiger partial charge in [0.2, 0.25) is 0 Å². The molecule has 1 fully saturated rings. The average Bonchev–Trinajstić information content (AvgIpc) is 3.37. The van der Waals surface area contributed by atoms with Crippen molar-refractivity contribution in [2.45, 2.75) is 30.7 Å². The summed E-state index contributed by atoms with van der Waals surface area (Å²) >= 11 is 1.56. The number of carbonyl (C=O) groups is 1. The molecule has 0 radical (unpaired) electrons. The summed E-state index contributed by atoms with van der Waals surface area (Å²) in [4.78, 5) is 14.4. The highest BCUT2D eigenvalue weighted by Crippen LogP contribution is 2.25. The molecule has 1 amide bonds. The highest BCUT2D eigenvalue weighted by atomic mass is 32.2. The molecule has 1 aliphatic heterocycles. The van der Waals surface area contributed by atoms with Crippen molar-refractivity contribution < 1.29 is 9.18 Å². The molecule has 1 aliphatic rings. The van der Waals surface area contributed by atoms with E-state index in [1.165, 1.54) is 12.1 Å². The summed E-state index contributed by atoms with van der Waals surface area (Å²) in [5.74, 6) is 1.30. The molecule has 0 unspecified atom stereocenters. The van der Waals surface area contributed by atoms with Gasteiger partial charge < -0.3 is 4.90 Å². The maximum Gasteiger partial charge on any atom is 0.253 e. The highest BCUT2D eigenvalue weighted by molar-refractivity contribution is 7.98. The van der Waals surface area contributed by atoms with E-state index in [-0.39, 0.29) is 11.7 Å². The molecule has 0 spiro atoms. The van der Waals surface area contributed by atoms with Crippen molar-refractivity contribution in [1.29, 1.82) is 0 Å². The number of nitrogens with zero attached hydrogens (tertiary/aromatic N) is 4. The highest BCUT2D eigenvalue weighted by Gasteiger charge is 2.19. The zero-order valence-corrected chi connectivity index (χ0v) is 16.5. The largest absolute Gasteiger partial charge is 0.339 e. The van der Waals surface area contributed by atoms with Gasteiger partial charge in [-0.15, -0.1) is 10.2 Å². The average molecular weight is 396 g/mol. The number of aromatic nitrogens is 3. The Kier molecular flexibility index (Phi) is 5.43. The van der Waals surface area contributed by atoms with E-state index in [1.54, 1.807) is 23.9 Å². The van der Waals surface area contributed by atoms with Crippen LogP contribution in [0.2, 0.25) is 0 Å². The van der Waals surface area contributed by atoms with Gasteiger partial charge in [0.1, 0.15) is 11.6 Å². The number of carbonyl (C=O) groups excluding carboxylic acids is 1. The zero-order chi connectivity index (χ0) is 19.5. The first-order valence-corrected chi connectivity index (χ1v) is 10.3. The van der Waals surface area contributed by atoms with Gasteiger partial charge in [0.15, 0.2) is 5.16 Å². The van der Waals surface area contributed by atoms with Crippen LogP contribution in [0.1, 0.15) is 34.6 Å². The molecule has 3 aromatic rings. The Morgan fingerprint density at radius 2 is 1.71 bits per heavy atom. The van der Waals surface area contributed by atoms with E-state index >= 15 is 0 Å². The molecule has 7 heteroatoms. The van der Waals surface area contributed by atoms with Crippen LogP contribution >= 0.6 is 11.8 Å². The molecule has 2 aromatic carbocycles. The second-order valence-corrected chi connectivity index (χ2v) is 7.77. The summed E-state index contributed by atoms with van der Waals surface area (Å²) in [6.07, 6.45) is 2.18. The third-order valence-electron chi connectivity index (χ3n) is 4.84. The third kappa shape index (κ3) is 3.94. The van der Waals surface area contributed by atoms with Gasteiger partial charge in [0, 0.05) is 30.1 Å². The predicted octanol–water partition coefficient (Wildman–Crippen LogP) is 4.24. The summed E-state index contributed by atoms with van der Waals surface area (Å²) in [5.41, 5.74) is 2.67. The third-order valence-corrected chi connectivity index (χ3v) is 5.84. The fourth-order valence-electron chi connectivity index (χ4n) is 3.32. The van der Waals surface area contributed by atoms with E-state index in [0.29, 0.717) is 5.75 Å². The predicted molar refractivity (Wildman–Crippen MR) is 107 cm³/mol. The fourth-order valence-corrected chi connectivity index (χ4v) is 4.27. The number of hydrogen-bond acceptors (Lipinski definition) is 4. The van der Waals surface area contributed by atoms with Gasteiger partial charge in [-0.3, -0.25) is 9.36 Å². The standard InChI is InChI=1S/C21H21FN4OS/c1-15-23-24-21(26(15)19-10-8-18(22)9-11-19)28-14-16-4-6-17(7-5-16)20(27)25-12-2-3-13-25/h4-11H,2-3,12-14H2,1H3. The number of likely N-dealkylation sites (tertiary alicyclic amines) is 1. The van der Waals surface area contributed by atoms with E-state index < -0.39 is 0 Å². The summed E-state index contributed by atoms with van der Waals surface area (Å²) in [6, 6.07) is 14.1. The van der Waals surface area contributed by atoms with Gasteiger partial charge in [-0.1, -0.05) is 23.9 Å². The lowest BCUT2D eigenvalue weighted by Crippen LogP contribution is -2.27. The minimum Gasteiger partial charge on any atom is -0.339 e. The van der Waals surface area contributed by atoms with E-state index in [2.05, 4.69) is 10.2 Å². The van der Waals surface area contributed by atoms with E-state index in [0.717, 1.165) is 53.7 Å². The number of benzene rings is 2. The lowest BCUT2D eigenvalue weighted by atomic mass is 10.1. The molecule has 28 heavy (non-hydrogen) atoms. The maximum absolute atomic E-state index is 13.2. The van der Waals surface area contributed by atoms with Crippen molar-refractivity contribution in [3.05, 3.63) is 71.3 Å². The van der Waals surface area contributed by atoms with Gasteiger partial charge in [0.05, 0.1) is 0 Å². The van der Waals surface area contributed by atoms with Crippen LogP contribution < -0.4 is 0 Å². The van der Waals surface area contributed by atoms with E-state index in [1.807, 2.05) is 40.7 Å². The van der Waals surface area contributed by atoms with Gasteiger partial charge >= 0.3 is 0 Å². The smallest absolute Gasteiger partial charge is 0.253 e. The molecule has 0 N–H and O–H groups in total. The summed E-state index contributed by atoms with van der Waals surface area (Å²) < 4.78 is 15.1. The molecule has 2 heterocycles. The Morgan fingerprint density at radius 3 is 2.39 bits per heavy atom. The Hall–Kier alpha value is -2.67. The normalized spacial score (nSPS) is 13.9. The summed E-state index contributed by atoms with van der Waals surface area (Å²) in [5, 5.41) is 9.16. The lowest BCUT2D eigenvalue weighted by molar-refractivity contribution is 0.0793. The van der Waals surface area contributed by atoms with Crippen LogP contribution in [-0.4, -0.2) is 38.7 Å².